The van der Waals surface area contributed by atoms with Crippen LogP contribution in [0.5, 0.6) is 5.75 Å². The maximum Gasteiger partial charge on any atom is 0.251 e. The van der Waals surface area contributed by atoms with E-state index >= 15 is 0 Å². The van der Waals surface area contributed by atoms with Crippen LogP contribution in [-0.2, 0) is 0 Å². The number of benzene rings is 1. The fraction of sp³-hybridized carbons (Fsp3) is 0.500. The Bertz CT molecular complexity index is 465. The molecule has 1 aliphatic carbocycles. The molecule has 0 aliphatic heterocycles. The zero-order valence-electron chi connectivity index (χ0n) is 10.5. The van der Waals surface area contributed by atoms with Crippen molar-refractivity contribution < 1.29 is 9.90 Å². The summed E-state index contributed by atoms with van der Waals surface area (Å²) in [5.74, 6) is 0.511. The highest BCUT2D eigenvalue weighted by Gasteiger charge is 2.20. The quantitative estimate of drug-likeness (QED) is 0.770. The number of nitrogens with one attached hydrogen (secondary N) is 1. The van der Waals surface area contributed by atoms with E-state index in [1.165, 1.54) is 25.3 Å². The summed E-state index contributed by atoms with van der Waals surface area (Å²) >= 11 is 6.85. The number of phenolic OH excluding ortho intramolecular Hbond substituents is 1. The number of halogens is 2. The number of aromatic hydroxyl groups is 1. The largest absolute Gasteiger partial charge is 0.507 e. The van der Waals surface area contributed by atoms with E-state index in [2.05, 4.69) is 37.2 Å². The molecule has 0 bridgehead atoms. The first-order chi connectivity index (χ1) is 9.06. The Labute approximate surface area is 130 Å². The fourth-order valence-corrected chi connectivity index (χ4v) is 3.50. The summed E-state index contributed by atoms with van der Waals surface area (Å²) in [7, 11) is 0. The van der Waals surface area contributed by atoms with Crippen molar-refractivity contribution in [2.24, 2.45) is 5.92 Å². The Balaban J connectivity index is 1.88. The van der Waals surface area contributed by atoms with Gasteiger partial charge in [-0.2, -0.15) is 0 Å². The third-order valence-corrected chi connectivity index (χ3v) is 4.98. The number of hydrogen-bond acceptors (Lipinski definition) is 2. The van der Waals surface area contributed by atoms with Crippen molar-refractivity contribution in [2.75, 3.05) is 6.54 Å². The van der Waals surface area contributed by atoms with Crippen LogP contribution in [0.15, 0.2) is 22.7 Å². The molecule has 0 spiro atoms. The minimum atomic E-state index is -0.125. The van der Waals surface area contributed by atoms with Crippen molar-refractivity contribution in [3.05, 3.63) is 28.2 Å². The van der Waals surface area contributed by atoms with Crippen molar-refractivity contribution in [2.45, 2.75) is 30.5 Å². The summed E-state index contributed by atoms with van der Waals surface area (Å²) < 4.78 is 0.596. The van der Waals surface area contributed by atoms with Crippen molar-refractivity contribution in [1.82, 2.24) is 5.32 Å². The molecule has 104 valence electrons. The molecule has 0 heterocycles. The summed E-state index contributed by atoms with van der Waals surface area (Å²) in [4.78, 5) is 12.6. The lowest BCUT2D eigenvalue weighted by Crippen LogP contribution is -2.31. The smallest absolute Gasteiger partial charge is 0.251 e. The summed E-state index contributed by atoms with van der Waals surface area (Å²) in [6, 6.07) is 4.86. The van der Waals surface area contributed by atoms with E-state index in [9.17, 15) is 9.90 Å². The van der Waals surface area contributed by atoms with E-state index in [0.29, 0.717) is 27.3 Å². The lowest BCUT2D eigenvalue weighted by atomic mass is 9.89. The van der Waals surface area contributed by atoms with Crippen molar-refractivity contribution in [3.63, 3.8) is 0 Å². The second kappa shape index (κ2) is 6.75. The Hall–Kier alpha value is -0.550. The highest BCUT2D eigenvalue weighted by atomic mass is 79.9. The number of carbonyl (C=O) groups is 1. The predicted octanol–water partition coefficient (Wildman–Crippen LogP) is 3.84. The van der Waals surface area contributed by atoms with Gasteiger partial charge in [-0.1, -0.05) is 22.4 Å². The van der Waals surface area contributed by atoms with Crippen LogP contribution in [0.4, 0.5) is 0 Å². The lowest BCUT2D eigenvalue weighted by molar-refractivity contribution is 0.0943. The van der Waals surface area contributed by atoms with Gasteiger partial charge in [0.25, 0.3) is 5.91 Å². The Morgan fingerprint density at radius 1 is 1.42 bits per heavy atom. The summed E-state index contributed by atoms with van der Waals surface area (Å²) in [5.41, 5.74) is 0.493. The molecule has 0 radical (unpaired) electrons. The van der Waals surface area contributed by atoms with E-state index in [0.717, 1.165) is 6.42 Å². The van der Waals surface area contributed by atoms with Gasteiger partial charge < -0.3 is 10.4 Å². The fourth-order valence-electron chi connectivity index (χ4n) is 2.40. The number of amides is 1. The summed E-state index contributed by atoms with van der Waals surface area (Å²) in [6.45, 7) is 0.706. The predicted molar refractivity (Wildman–Crippen MR) is 82.8 cm³/mol. The Kier molecular flexibility index (Phi) is 5.28. The number of rotatable bonds is 3. The SMILES string of the molecule is O=C(NCC1CCCC(Br)C1)c1ccc(Br)c(O)c1. The van der Waals surface area contributed by atoms with Gasteiger partial charge in [-0.05, 0) is 59.3 Å². The van der Waals surface area contributed by atoms with Crippen LogP contribution in [0, 0.1) is 5.92 Å². The maximum atomic E-state index is 12.0. The molecular weight excluding hydrogens is 374 g/mol. The number of phenols is 1. The molecule has 1 saturated carbocycles. The third-order valence-electron chi connectivity index (χ3n) is 3.48. The van der Waals surface area contributed by atoms with Gasteiger partial charge in [0.2, 0.25) is 0 Å². The van der Waals surface area contributed by atoms with Crippen molar-refractivity contribution in [3.8, 4) is 5.75 Å². The van der Waals surface area contributed by atoms with E-state index in [-0.39, 0.29) is 11.7 Å². The van der Waals surface area contributed by atoms with Crippen LogP contribution in [0.3, 0.4) is 0 Å². The average molecular weight is 391 g/mol. The molecule has 0 saturated heterocycles. The van der Waals surface area contributed by atoms with Crippen LogP contribution in [0.1, 0.15) is 36.0 Å². The molecule has 1 fully saturated rings. The molecule has 2 atom stereocenters. The van der Waals surface area contributed by atoms with Crippen LogP contribution in [0.2, 0.25) is 0 Å². The molecule has 5 heteroatoms. The number of hydrogen-bond donors (Lipinski definition) is 2. The van der Waals surface area contributed by atoms with Crippen molar-refractivity contribution >= 4 is 37.8 Å². The number of alkyl halides is 1. The standard InChI is InChI=1S/C14H17Br2NO2/c15-11-3-1-2-9(6-11)8-17-14(19)10-4-5-12(16)13(18)7-10/h4-5,7,9,11,18H,1-3,6,8H2,(H,17,19). The van der Waals surface area contributed by atoms with Gasteiger partial charge in [0.05, 0.1) is 4.47 Å². The normalized spacial score (nSPS) is 23.1. The molecule has 3 nitrogen and oxygen atoms in total. The maximum absolute atomic E-state index is 12.0. The molecule has 1 aromatic carbocycles. The first-order valence-electron chi connectivity index (χ1n) is 6.47. The molecule has 0 aromatic heterocycles. The zero-order chi connectivity index (χ0) is 13.8. The van der Waals surface area contributed by atoms with Gasteiger partial charge in [0, 0.05) is 16.9 Å². The molecule has 2 rings (SSSR count). The highest BCUT2D eigenvalue weighted by Crippen LogP contribution is 2.28. The Morgan fingerprint density at radius 2 is 2.21 bits per heavy atom. The number of carbonyl (C=O) groups excluding carboxylic acids is 1. The lowest BCUT2D eigenvalue weighted by Gasteiger charge is -2.25. The topological polar surface area (TPSA) is 49.3 Å². The molecule has 2 unspecified atom stereocenters. The average Bonchev–Trinajstić information content (AvgIpc) is 2.39. The summed E-state index contributed by atoms with van der Waals surface area (Å²) in [5, 5.41) is 12.5. The zero-order valence-corrected chi connectivity index (χ0v) is 13.7. The van der Waals surface area contributed by atoms with Gasteiger partial charge >= 0.3 is 0 Å². The van der Waals surface area contributed by atoms with Gasteiger partial charge in [0.1, 0.15) is 5.75 Å². The van der Waals surface area contributed by atoms with Gasteiger partial charge in [0.15, 0.2) is 0 Å². The second-order valence-electron chi connectivity index (χ2n) is 5.01. The van der Waals surface area contributed by atoms with Gasteiger partial charge in [-0.3, -0.25) is 4.79 Å². The molecule has 1 amide bonds. The van der Waals surface area contributed by atoms with E-state index in [1.807, 2.05) is 0 Å². The van der Waals surface area contributed by atoms with Gasteiger partial charge in [-0.25, -0.2) is 0 Å². The first-order valence-corrected chi connectivity index (χ1v) is 8.18. The molecule has 19 heavy (non-hydrogen) atoms. The van der Waals surface area contributed by atoms with Crippen LogP contribution in [-0.4, -0.2) is 22.4 Å². The van der Waals surface area contributed by atoms with Crippen LogP contribution in [0.25, 0.3) is 0 Å². The van der Waals surface area contributed by atoms with Gasteiger partial charge in [-0.15, -0.1) is 0 Å². The third kappa shape index (κ3) is 4.21. The minimum absolute atomic E-state index is 0.0887. The van der Waals surface area contributed by atoms with Crippen LogP contribution >= 0.6 is 31.9 Å². The van der Waals surface area contributed by atoms with Crippen molar-refractivity contribution in [1.29, 1.82) is 0 Å². The molecule has 1 aromatic rings. The minimum Gasteiger partial charge on any atom is -0.507 e. The molecule has 2 N–H and O–H groups in total. The van der Waals surface area contributed by atoms with E-state index in [1.54, 1.807) is 12.1 Å². The molecule has 1 aliphatic rings. The molecular formula is C14H17Br2NO2. The van der Waals surface area contributed by atoms with E-state index in [4.69, 9.17) is 0 Å². The summed E-state index contributed by atoms with van der Waals surface area (Å²) in [6.07, 6.45) is 4.74. The Morgan fingerprint density at radius 3 is 2.89 bits per heavy atom. The second-order valence-corrected chi connectivity index (χ2v) is 7.16. The monoisotopic (exact) mass is 389 g/mol. The highest BCUT2D eigenvalue weighted by molar-refractivity contribution is 9.10. The van der Waals surface area contributed by atoms with Crippen LogP contribution < -0.4 is 5.32 Å². The van der Waals surface area contributed by atoms with E-state index < -0.39 is 0 Å². The first kappa shape index (κ1) is 14.9.